The quantitative estimate of drug-likeness (QED) is 0.530. The molecule has 1 aromatic carbocycles. The Balaban J connectivity index is 2.75. The predicted octanol–water partition coefficient (Wildman–Crippen LogP) is 1.75. The zero-order valence-electron chi connectivity index (χ0n) is 16.5. The van der Waals surface area contributed by atoms with Crippen LogP contribution in [-0.2, 0) is 11.3 Å². The van der Waals surface area contributed by atoms with Gasteiger partial charge in [0, 0.05) is 10.7 Å². The van der Waals surface area contributed by atoms with Crippen LogP contribution >= 0.6 is 11.6 Å². The van der Waals surface area contributed by atoms with Crippen molar-refractivity contribution >= 4 is 29.2 Å². The van der Waals surface area contributed by atoms with Crippen molar-refractivity contribution < 1.29 is 19.8 Å². The number of nitrogens with one attached hydrogen (secondary N) is 1. The summed E-state index contributed by atoms with van der Waals surface area (Å²) in [4.78, 5) is 49.2. The Labute approximate surface area is 181 Å². The lowest BCUT2D eigenvalue weighted by Gasteiger charge is -2.16. The number of benzene rings is 1. The van der Waals surface area contributed by atoms with Gasteiger partial charge in [0.25, 0.3) is 11.5 Å². The molecular weight excluding hydrogens is 426 g/mol. The number of nitrogens with zero attached hydrogens (tertiary/aromatic N) is 2. The molecule has 2 aromatic rings. The first kappa shape index (κ1) is 23.4. The second-order valence-electron chi connectivity index (χ2n) is 6.33. The number of hydrogen-bond donors (Lipinski definition) is 3. The number of carboxylic acids is 1. The first-order valence-corrected chi connectivity index (χ1v) is 9.34. The van der Waals surface area contributed by atoms with E-state index in [4.69, 9.17) is 16.7 Å². The highest BCUT2D eigenvalue weighted by atomic mass is 35.5. The van der Waals surface area contributed by atoms with Crippen LogP contribution in [0.5, 0.6) is 5.88 Å². The summed E-state index contributed by atoms with van der Waals surface area (Å²) in [6.07, 6.45) is 4.12. The SMILES string of the molecule is C=C/C(Cl)=C\C=C(/C)n1c(=O)c(C(=O)NCC(=O)O)c(O)n(Cc2ccccc2)c1=O. The van der Waals surface area contributed by atoms with Gasteiger partial charge in [-0.2, -0.15) is 0 Å². The third-order valence-electron chi connectivity index (χ3n) is 4.16. The van der Waals surface area contributed by atoms with Crippen molar-refractivity contribution in [2.75, 3.05) is 6.54 Å². The van der Waals surface area contributed by atoms with E-state index < -0.39 is 41.1 Å². The smallest absolute Gasteiger partial charge is 0.338 e. The number of aromatic nitrogens is 2. The van der Waals surface area contributed by atoms with Crippen molar-refractivity contribution in [3.05, 3.63) is 92.1 Å². The van der Waals surface area contributed by atoms with Gasteiger partial charge in [0.15, 0.2) is 5.56 Å². The molecule has 162 valence electrons. The average molecular weight is 446 g/mol. The number of amides is 1. The minimum absolute atomic E-state index is 0.115. The first-order valence-electron chi connectivity index (χ1n) is 8.97. The Hall–Kier alpha value is -3.85. The highest BCUT2D eigenvalue weighted by molar-refractivity contribution is 6.31. The zero-order valence-corrected chi connectivity index (χ0v) is 17.3. The highest BCUT2D eigenvalue weighted by Gasteiger charge is 2.25. The van der Waals surface area contributed by atoms with Crippen molar-refractivity contribution in [1.29, 1.82) is 0 Å². The van der Waals surface area contributed by atoms with Crippen LogP contribution in [0.4, 0.5) is 0 Å². The van der Waals surface area contributed by atoms with E-state index in [1.54, 1.807) is 30.3 Å². The molecule has 1 aromatic heterocycles. The maximum Gasteiger partial charge on any atom is 0.338 e. The number of carbonyl (C=O) groups excluding carboxylic acids is 1. The van der Waals surface area contributed by atoms with Crippen molar-refractivity contribution in [2.24, 2.45) is 0 Å². The summed E-state index contributed by atoms with van der Waals surface area (Å²) in [5.74, 6) is -3.34. The molecule has 0 bridgehead atoms. The number of aliphatic carboxylic acids is 1. The largest absolute Gasteiger partial charge is 0.494 e. The molecule has 9 nitrogen and oxygen atoms in total. The number of aromatic hydroxyl groups is 1. The molecule has 0 saturated carbocycles. The van der Waals surface area contributed by atoms with E-state index in [0.717, 1.165) is 4.57 Å². The van der Waals surface area contributed by atoms with E-state index in [-0.39, 0.29) is 17.3 Å². The summed E-state index contributed by atoms with van der Waals surface area (Å²) in [5.41, 5.74) is -2.02. The summed E-state index contributed by atoms with van der Waals surface area (Å²) < 4.78 is 1.55. The summed E-state index contributed by atoms with van der Waals surface area (Å²) in [7, 11) is 0. The molecular formula is C21H20ClN3O6. The Morgan fingerprint density at radius 2 is 1.84 bits per heavy atom. The van der Waals surface area contributed by atoms with Crippen LogP contribution in [-0.4, -0.2) is 37.8 Å². The molecule has 0 fully saturated rings. The van der Waals surface area contributed by atoms with E-state index in [9.17, 15) is 24.3 Å². The molecule has 0 aliphatic heterocycles. The van der Waals surface area contributed by atoms with E-state index in [2.05, 4.69) is 6.58 Å². The Bertz CT molecular complexity index is 1190. The number of carboxylic acid groups (broad SMARTS) is 1. The topological polar surface area (TPSA) is 131 Å². The molecule has 0 radical (unpaired) electrons. The number of hydrogen-bond acceptors (Lipinski definition) is 5. The van der Waals surface area contributed by atoms with Gasteiger partial charge >= 0.3 is 11.7 Å². The van der Waals surface area contributed by atoms with Gasteiger partial charge in [-0.3, -0.25) is 19.0 Å². The van der Waals surface area contributed by atoms with Crippen molar-refractivity contribution in [2.45, 2.75) is 13.5 Å². The molecule has 0 atom stereocenters. The van der Waals surface area contributed by atoms with Gasteiger partial charge in [0.1, 0.15) is 6.54 Å². The van der Waals surface area contributed by atoms with Gasteiger partial charge in [-0.15, -0.1) is 0 Å². The molecule has 1 amide bonds. The van der Waals surface area contributed by atoms with E-state index in [1.807, 2.05) is 5.32 Å². The molecule has 31 heavy (non-hydrogen) atoms. The second kappa shape index (κ2) is 10.3. The number of allylic oxidation sites excluding steroid dienone is 5. The van der Waals surface area contributed by atoms with Gasteiger partial charge in [-0.1, -0.05) is 54.6 Å². The number of halogens is 1. The van der Waals surface area contributed by atoms with Crippen LogP contribution in [0.2, 0.25) is 0 Å². The van der Waals surface area contributed by atoms with Crippen LogP contribution in [0.15, 0.2) is 69.8 Å². The van der Waals surface area contributed by atoms with Crippen molar-refractivity contribution in [1.82, 2.24) is 14.5 Å². The minimum atomic E-state index is -1.34. The van der Waals surface area contributed by atoms with Crippen LogP contribution in [0.3, 0.4) is 0 Å². The van der Waals surface area contributed by atoms with E-state index in [0.29, 0.717) is 10.1 Å². The van der Waals surface area contributed by atoms with Crippen molar-refractivity contribution in [3.8, 4) is 5.88 Å². The van der Waals surface area contributed by atoms with E-state index >= 15 is 0 Å². The summed E-state index contributed by atoms with van der Waals surface area (Å²) in [6, 6.07) is 8.60. The molecule has 3 N–H and O–H groups in total. The minimum Gasteiger partial charge on any atom is -0.494 e. The van der Waals surface area contributed by atoms with Gasteiger partial charge < -0.3 is 15.5 Å². The van der Waals surface area contributed by atoms with Gasteiger partial charge in [-0.05, 0) is 24.6 Å². The van der Waals surface area contributed by atoms with Crippen molar-refractivity contribution in [3.63, 3.8) is 0 Å². The van der Waals surface area contributed by atoms with Gasteiger partial charge in [-0.25, -0.2) is 9.36 Å². The Kier molecular flexibility index (Phi) is 7.75. The molecule has 2 rings (SSSR count). The maximum absolute atomic E-state index is 13.0. The summed E-state index contributed by atoms with van der Waals surface area (Å²) >= 11 is 5.86. The summed E-state index contributed by atoms with van der Waals surface area (Å²) in [5, 5.41) is 21.6. The predicted molar refractivity (Wildman–Crippen MR) is 116 cm³/mol. The van der Waals surface area contributed by atoms with Crippen LogP contribution in [0.25, 0.3) is 5.70 Å². The lowest BCUT2D eigenvalue weighted by molar-refractivity contribution is -0.135. The molecule has 0 unspecified atom stereocenters. The summed E-state index contributed by atoms with van der Waals surface area (Å²) in [6.45, 7) is 4.02. The number of carbonyl (C=O) groups is 2. The van der Waals surface area contributed by atoms with Crippen LogP contribution < -0.4 is 16.6 Å². The third kappa shape index (κ3) is 5.61. The molecule has 1 heterocycles. The van der Waals surface area contributed by atoms with Gasteiger partial charge in [0.05, 0.1) is 6.54 Å². The Morgan fingerprint density at radius 1 is 1.19 bits per heavy atom. The zero-order chi connectivity index (χ0) is 23.1. The van der Waals surface area contributed by atoms with E-state index in [1.165, 1.54) is 25.2 Å². The lowest BCUT2D eigenvalue weighted by Crippen LogP contribution is -2.44. The fourth-order valence-electron chi connectivity index (χ4n) is 2.65. The van der Waals surface area contributed by atoms with Crippen LogP contribution in [0, 0.1) is 0 Å². The fourth-order valence-corrected chi connectivity index (χ4v) is 2.71. The third-order valence-corrected chi connectivity index (χ3v) is 4.44. The first-order chi connectivity index (χ1) is 14.7. The maximum atomic E-state index is 13.0. The van der Waals surface area contributed by atoms with Crippen LogP contribution in [0.1, 0.15) is 22.8 Å². The lowest BCUT2D eigenvalue weighted by atomic mass is 10.2. The normalized spacial score (nSPS) is 11.8. The van der Waals surface area contributed by atoms with Gasteiger partial charge in [0.2, 0.25) is 5.88 Å². The second-order valence-corrected chi connectivity index (χ2v) is 6.77. The molecule has 10 heteroatoms. The highest BCUT2D eigenvalue weighted by Crippen LogP contribution is 2.15. The average Bonchev–Trinajstić information content (AvgIpc) is 2.74. The molecule has 0 spiro atoms. The fraction of sp³-hybridized carbons (Fsp3) is 0.143. The monoisotopic (exact) mass is 445 g/mol. The molecule has 0 saturated heterocycles. The molecule has 0 aliphatic carbocycles. The molecule has 0 aliphatic rings. The standard InChI is InChI=1S/C21H20ClN3O6/c1-3-15(22)10-9-13(2)25-20(30)17(18(28)23-11-16(26)27)19(29)24(21(25)31)12-14-7-5-4-6-8-14/h3-10,29H,1,11-12H2,2H3,(H,23,28)(H,26,27)/b13-9+,15-10+. The number of rotatable bonds is 8. The Morgan fingerprint density at radius 3 is 2.42 bits per heavy atom.